The van der Waals surface area contributed by atoms with Gasteiger partial charge in [0.2, 0.25) is 0 Å². The second-order valence-corrected chi connectivity index (χ2v) is 4.68. The number of rotatable bonds is 6. The van der Waals surface area contributed by atoms with Crippen molar-refractivity contribution >= 4 is 22.5 Å². The van der Waals surface area contributed by atoms with Crippen molar-refractivity contribution in [2.24, 2.45) is 0 Å². The van der Waals surface area contributed by atoms with Crippen LogP contribution in [0, 0.1) is 0 Å². The van der Waals surface area contributed by atoms with Crippen molar-refractivity contribution < 1.29 is 8.78 Å². The largest absolute Gasteiger partial charge is 0.292 e. The predicted octanol–water partition coefficient (Wildman–Crippen LogP) is 3.54. The third kappa shape index (κ3) is 3.85. The molecule has 0 bridgehead atoms. The van der Waals surface area contributed by atoms with Crippen LogP contribution in [0.5, 0.6) is 0 Å². The van der Waals surface area contributed by atoms with E-state index in [1.54, 1.807) is 11.1 Å². The molecule has 0 unspecified atom stereocenters. The summed E-state index contributed by atoms with van der Waals surface area (Å²) < 4.78 is 25.1. The summed E-state index contributed by atoms with van der Waals surface area (Å²) in [6, 6.07) is 9.58. The lowest BCUT2D eigenvalue weighted by Crippen LogP contribution is -2.30. The van der Waals surface area contributed by atoms with Crippen LogP contribution < -0.4 is 0 Å². The number of halogens is 3. The maximum absolute atomic E-state index is 12.5. The van der Waals surface area contributed by atoms with Crippen molar-refractivity contribution in [3.05, 3.63) is 42.1 Å². The Morgan fingerprint density at radius 1 is 1.21 bits per heavy atom. The van der Waals surface area contributed by atoms with Crippen molar-refractivity contribution in [2.75, 3.05) is 19.0 Å². The third-order valence-corrected chi connectivity index (χ3v) is 3.10. The van der Waals surface area contributed by atoms with Crippen LogP contribution in [0.1, 0.15) is 5.56 Å². The lowest BCUT2D eigenvalue weighted by Gasteiger charge is -2.21. The van der Waals surface area contributed by atoms with Crippen molar-refractivity contribution in [2.45, 2.75) is 13.0 Å². The number of hydrogen-bond acceptors (Lipinski definition) is 2. The Morgan fingerprint density at radius 3 is 2.74 bits per heavy atom. The van der Waals surface area contributed by atoms with E-state index in [4.69, 9.17) is 11.6 Å². The van der Waals surface area contributed by atoms with Gasteiger partial charge in [0.15, 0.2) is 0 Å². The van der Waals surface area contributed by atoms with Crippen LogP contribution in [0.2, 0.25) is 0 Å². The van der Waals surface area contributed by atoms with Crippen LogP contribution in [0.4, 0.5) is 8.78 Å². The lowest BCUT2D eigenvalue weighted by atomic mass is 10.1. The highest BCUT2D eigenvalue weighted by Gasteiger charge is 2.13. The molecule has 0 radical (unpaired) electrons. The molecule has 102 valence electrons. The van der Waals surface area contributed by atoms with Crippen LogP contribution in [-0.4, -0.2) is 35.3 Å². The number of para-hydroxylation sites is 1. The average molecular weight is 285 g/mol. The summed E-state index contributed by atoms with van der Waals surface area (Å²) in [5.41, 5.74) is 1.87. The molecule has 2 nitrogen and oxygen atoms in total. The van der Waals surface area contributed by atoms with Crippen LogP contribution >= 0.6 is 11.6 Å². The van der Waals surface area contributed by atoms with E-state index < -0.39 is 6.43 Å². The Bertz CT molecular complexity index is 528. The third-order valence-electron chi connectivity index (χ3n) is 2.93. The van der Waals surface area contributed by atoms with Crippen molar-refractivity contribution in [3.63, 3.8) is 0 Å². The zero-order chi connectivity index (χ0) is 13.7. The first kappa shape index (κ1) is 14.2. The molecule has 0 aliphatic carbocycles. The van der Waals surface area contributed by atoms with Crippen molar-refractivity contribution in [3.8, 4) is 0 Å². The molecule has 1 aromatic carbocycles. The van der Waals surface area contributed by atoms with E-state index in [1.807, 2.05) is 30.3 Å². The highest BCUT2D eigenvalue weighted by atomic mass is 35.5. The van der Waals surface area contributed by atoms with Crippen LogP contribution in [0.25, 0.3) is 10.9 Å². The van der Waals surface area contributed by atoms with E-state index in [9.17, 15) is 8.78 Å². The Labute approximate surface area is 116 Å². The smallest absolute Gasteiger partial charge is 0.251 e. The van der Waals surface area contributed by atoms with Crippen LogP contribution in [-0.2, 0) is 6.54 Å². The summed E-state index contributed by atoms with van der Waals surface area (Å²) in [6.45, 7) is 0.645. The molecule has 0 aliphatic rings. The van der Waals surface area contributed by atoms with Gasteiger partial charge in [0.05, 0.1) is 12.1 Å². The predicted molar refractivity (Wildman–Crippen MR) is 73.7 cm³/mol. The van der Waals surface area contributed by atoms with Gasteiger partial charge in [-0.05, 0) is 17.7 Å². The molecule has 5 heteroatoms. The first-order valence-electron chi connectivity index (χ1n) is 6.10. The number of hydrogen-bond donors (Lipinski definition) is 0. The molecule has 0 aliphatic heterocycles. The molecule has 19 heavy (non-hydrogen) atoms. The Morgan fingerprint density at radius 2 is 2.00 bits per heavy atom. The van der Waals surface area contributed by atoms with Gasteiger partial charge in [-0.3, -0.25) is 9.88 Å². The first-order chi connectivity index (χ1) is 9.20. The molecule has 0 saturated carbocycles. The Hall–Kier alpha value is -1.26. The Balaban J connectivity index is 2.23. The van der Waals surface area contributed by atoms with E-state index in [0.717, 1.165) is 16.5 Å². The minimum absolute atomic E-state index is 0.261. The summed E-state index contributed by atoms with van der Waals surface area (Å²) in [7, 11) is 0. The van der Waals surface area contributed by atoms with Gasteiger partial charge in [-0.15, -0.1) is 11.6 Å². The topological polar surface area (TPSA) is 16.1 Å². The normalized spacial score (nSPS) is 11.6. The van der Waals surface area contributed by atoms with Gasteiger partial charge in [-0.2, -0.15) is 0 Å². The highest BCUT2D eigenvalue weighted by Crippen LogP contribution is 2.18. The maximum Gasteiger partial charge on any atom is 0.251 e. The average Bonchev–Trinajstić information content (AvgIpc) is 2.39. The molecule has 0 fully saturated rings. The molecule has 0 N–H and O–H groups in total. The van der Waals surface area contributed by atoms with E-state index in [0.29, 0.717) is 19.0 Å². The summed E-state index contributed by atoms with van der Waals surface area (Å²) >= 11 is 5.67. The minimum atomic E-state index is -2.35. The highest BCUT2D eigenvalue weighted by molar-refractivity contribution is 6.18. The number of nitrogens with zero attached hydrogens (tertiary/aromatic N) is 2. The molecule has 2 aromatic rings. The molecule has 1 aromatic heterocycles. The number of alkyl halides is 3. The van der Waals surface area contributed by atoms with E-state index in [2.05, 4.69) is 4.98 Å². The number of pyridine rings is 1. The van der Waals surface area contributed by atoms with Crippen molar-refractivity contribution in [1.29, 1.82) is 0 Å². The molecule has 0 atom stereocenters. The van der Waals surface area contributed by atoms with E-state index >= 15 is 0 Å². The second-order valence-electron chi connectivity index (χ2n) is 4.30. The fourth-order valence-corrected chi connectivity index (χ4v) is 2.32. The minimum Gasteiger partial charge on any atom is -0.292 e. The molecule has 0 amide bonds. The molecule has 0 spiro atoms. The van der Waals surface area contributed by atoms with Crippen molar-refractivity contribution in [1.82, 2.24) is 9.88 Å². The SMILES string of the molecule is FC(F)CN(CCCl)Cc1ccnc2ccccc12. The zero-order valence-electron chi connectivity index (χ0n) is 10.4. The standard InChI is InChI=1S/C14H15ClF2N2/c15-6-8-19(10-14(16)17)9-11-5-7-18-13-4-2-1-3-12(11)13/h1-5,7,14H,6,8-10H2. The van der Waals surface area contributed by atoms with Gasteiger partial charge in [0.25, 0.3) is 6.43 Å². The van der Waals surface area contributed by atoms with Gasteiger partial charge < -0.3 is 0 Å². The zero-order valence-corrected chi connectivity index (χ0v) is 11.2. The molecular formula is C14H15ClF2N2. The van der Waals surface area contributed by atoms with Gasteiger partial charge >= 0.3 is 0 Å². The van der Waals surface area contributed by atoms with Gasteiger partial charge in [-0.1, -0.05) is 18.2 Å². The fourth-order valence-electron chi connectivity index (χ4n) is 2.08. The van der Waals surface area contributed by atoms with E-state index in [-0.39, 0.29) is 6.54 Å². The van der Waals surface area contributed by atoms with Crippen LogP contribution in [0.3, 0.4) is 0 Å². The molecule has 1 heterocycles. The Kier molecular flexibility index (Phi) is 5.05. The summed E-state index contributed by atoms with van der Waals surface area (Å²) in [4.78, 5) is 5.93. The molecular weight excluding hydrogens is 270 g/mol. The number of aromatic nitrogens is 1. The quantitative estimate of drug-likeness (QED) is 0.754. The first-order valence-corrected chi connectivity index (χ1v) is 6.63. The summed E-state index contributed by atoms with van der Waals surface area (Å²) in [5, 5.41) is 0.999. The summed E-state index contributed by atoms with van der Waals surface area (Å²) in [6.07, 6.45) is -0.643. The molecule has 2 rings (SSSR count). The van der Waals surface area contributed by atoms with E-state index in [1.165, 1.54) is 0 Å². The fraction of sp³-hybridized carbons (Fsp3) is 0.357. The monoisotopic (exact) mass is 284 g/mol. The lowest BCUT2D eigenvalue weighted by molar-refractivity contribution is 0.0880. The van der Waals surface area contributed by atoms with Crippen LogP contribution in [0.15, 0.2) is 36.5 Å². The number of fused-ring (bicyclic) bond motifs is 1. The second kappa shape index (κ2) is 6.78. The molecule has 0 saturated heterocycles. The van der Waals surface area contributed by atoms with Gasteiger partial charge in [0, 0.05) is 30.6 Å². The van der Waals surface area contributed by atoms with Gasteiger partial charge in [-0.25, -0.2) is 8.78 Å². The summed E-state index contributed by atoms with van der Waals surface area (Å²) in [5.74, 6) is 0.343. The number of benzene rings is 1. The van der Waals surface area contributed by atoms with Gasteiger partial charge in [0.1, 0.15) is 0 Å². The maximum atomic E-state index is 12.5.